The molecule has 3 N–H and O–H groups in total. The van der Waals surface area contributed by atoms with Gasteiger partial charge in [0.25, 0.3) is 0 Å². The fourth-order valence-corrected chi connectivity index (χ4v) is 3.20. The third-order valence-electron chi connectivity index (χ3n) is 4.39. The lowest BCUT2D eigenvalue weighted by atomic mass is 9.80. The molecule has 0 saturated heterocycles. The normalized spacial score (nSPS) is 13.8. The van der Waals surface area contributed by atoms with Gasteiger partial charge in [-0.15, -0.1) is 0 Å². The number of nitrogens with one attached hydrogen (secondary N) is 1. The van der Waals surface area contributed by atoms with E-state index in [1.165, 1.54) is 6.07 Å². The first-order valence-corrected chi connectivity index (χ1v) is 7.36. The highest BCUT2D eigenvalue weighted by Gasteiger charge is 2.37. The molecule has 0 aliphatic rings. The van der Waals surface area contributed by atoms with Gasteiger partial charge >= 0.3 is 0 Å². The van der Waals surface area contributed by atoms with Crippen LogP contribution in [0.3, 0.4) is 0 Å². The Morgan fingerprint density at radius 2 is 1.95 bits per heavy atom. The highest BCUT2D eigenvalue weighted by molar-refractivity contribution is 6.30. The zero-order chi connectivity index (χ0) is 15.3. The minimum absolute atomic E-state index is 0.0460. The van der Waals surface area contributed by atoms with Crippen LogP contribution in [0.2, 0.25) is 5.02 Å². The van der Waals surface area contributed by atoms with Crippen molar-refractivity contribution in [3.8, 4) is 0 Å². The molecule has 0 fully saturated rings. The van der Waals surface area contributed by atoms with E-state index in [-0.39, 0.29) is 16.6 Å². The number of halogens is 2. The van der Waals surface area contributed by atoms with Crippen LogP contribution < -0.4 is 11.3 Å². The van der Waals surface area contributed by atoms with Crippen LogP contribution in [0.1, 0.15) is 32.3 Å². The lowest BCUT2D eigenvalue weighted by molar-refractivity contribution is 0.0882. The fourth-order valence-electron chi connectivity index (χ4n) is 2.99. The Kier molecular flexibility index (Phi) is 6.40. The molecule has 0 aliphatic carbocycles. The second-order valence-electron chi connectivity index (χ2n) is 5.38. The van der Waals surface area contributed by atoms with E-state index in [1.54, 1.807) is 12.1 Å². The molecule has 114 valence electrons. The van der Waals surface area contributed by atoms with Crippen molar-refractivity contribution in [2.24, 2.45) is 5.84 Å². The van der Waals surface area contributed by atoms with Crippen molar-refractivity contribution in [1.82, 2.24) is 10.3 Å². The van der Waals surface area contributed by atoms with Gasteiger partial charge in [0.1, 0.15) is 5.82 Å². The number of hydrazine groups is 1. The van der Waals surface area contributed by atoms with Crippen molar-refractivity contribution in [3.05, 3.63) is 34.6 Å². The molecule has 1 atom stereocenters. The number of hydrogen-bond donors (Lipinski definition) is 2. The molecule has 0 radical (unpaired) electrons. The largest absolute Gasteiger partial charge is 0.302 e. The molecular formula is C15H25ClFN3. The first kappa shape index (κ1) is 17.4. The lowest BCUT2D eigenvalue weighted by Crippen LogP contribution is -2.61. The molecule has 0 amide bonds. The zero-order valence-electron chi connectivity index (χ0n) is 12.7. The smallest absolute Gasteiger partial charge is 0.141 e. The van der Waals surface area contributed by atoms with Crippen LogP contribution in [0.4, 0.5) is 4.39 Å². The Morgan fingerprint density at radius 3 is 2.35 bits per heavy atom. The average Bonchev–Trinajstić information content (AvgIpc) is 2.43. The van der Waals surface area contributed by atoms with Crippen molar-refractivity contribution >= 4 is 11.6 Å². The van der Waals surface area contributed by atoms with Crippen LogP contribution in [0, 0.1) is 5.82 Å². The summed E-state index contributed by atoms with van der Waals surface area (Å²) in [6, 6.07) is 4.90. The van der Waals surface area contributed by atoms with Gasteiger partial charge < -0.3 is 4.90 Å². The maximum Gasteiger partial charge on any atom is 0.141 e. The number of rotatable bonds is 7. The van der Waals surface area contributed by atoms with E-state index >= 15 is 0 Å². The SMILES string of the molecule is CCC(CC)(C(Cc1ccc(F)c(Cl)c1)NN)N(C)C. The number of nitrogens with two attached hydrogens (primary N) is 1. The van der Waals surface area contributed by atoms with E-state index in [4.69, 9.17) is 17.4 Å². The second kappa shape index (κ2) is 7.36. The average molecular weight is 302 g/mol. The van der Waals surface area contributed by atoms with Crippen LogP contribution >= 0.6 is 11.6 Å². The van der Waals surface area contributed by atoms with E-state index in [1.807, 2.05) is 0 Å². The molecule has 3 nitrogen and oxygen atoms in total. The van der Waals surface area contributed by atoms with Crippen LogP contribution in [-0.2, 0) is 6.42 Å². The number of nitrogens with zero attached hydrogens (tertiary/aromatic N) is 1. The summed E-state index contributed by atoms with van der Waals surface area (Å²) in [7, 11) is 4.13. The van der Waals surface area contributed by atoms with Gasteiger partial charge in [-0.05, 0) is 51.1 Å². The van der Waals surface area contributed by atoms with Crippen molar-refractivity contribution < 1.29 is 4.39 Å². The van der Waals surface area contributed by atoms with E-state index < -0.39 is 5.82 Å². The Labute approximate surface area is 126 Å². The van der Waals surface area contributed by atoms with E-state index in [2.05, 4.69) is 38.3 Å². The molecule has 5 heteroatoms. The Balaban J connectivity index is 3.03. The maximum atomic E-state index is 13.2. The van der Waals surface area contributed by atoms with E-state index in [0.29, 0.717) is 6.42 Å². The first-order valence-electron chi connectivity index (χ1n) is 6.98. The number of hydrogen-bond acceptors (Lipinski definition) is 3. The number of likely N-dealkylation sites (N-methyl/N-ethyl adjacent to an activating group) is 1. The van der Waals surface area contributed by atoms with Crippen molar-refractivity contribution in [3.63, 3.8) is 0 Å². The summed E-state index contributed by atoms with van der Waals surface area (Å²) < 4.78 is 13.2. The summed E-state index contributed by atoms with van der Waals surface area (Å²) in [5.74, 6) is 5.39. The molecule has 1 aromatic rings. The van der Waals surface area contributed by atoms with Gasteiger partial charge in [0.15, 0.2) is 0 Å². The van der Waals surface area contributed by atoms with Gasteiger partial charge in [-0.1, -0.05) is 31.5 Å². The highest BCUT2D eigenvalue weighted by Crippen LogP contribution is 2.28. The van der Waals surface area contributed by atoms with Gasteiger partial charge in [-0.3, -0.25) is 11.3 Å². The van der Waals surface area contributed by atoms with E-state index in [9.17, 15) is 4.39 Å². The molecule has 0 spiro atoms. The van der Waals surface area contributed by atoms with Crippen molar-refractivity contribution in [2.75, 3.05) is 14.1 Å². The summed E-state index contributed by atoms with van der Waals surface area (Å²) >= 11 is 5.85. The minimum atomic E-state index is -0.391. The molecule has 1 unspecified atom stereocenters. The molecule has 1 aromatic carbocycles. The molecule has 0 aliphatic heterocycles. The van der Waals surface area contributed by atoms with Gasteiger partial charge in [-0.25, -0.2) is 4.39 Å². The predicted octanol–water partition coefficient (Wildman–Crippen LogP) is 2.97. The zero-order valence-corrected chi connectivity index (χ0v) is 13.5. The van der Waals surface area contributed by atoms with Gasteiger partial charge in [0, 0.05) is 11.6 Å². The molecule has 0 bridgehead atoms. The quantitative estimate of drug-likeness (QED) is 0.601. The van der Waals surface area contributed by atoms with Crippen molar-refractivity contribution in [2.45, 2.75) is 44.7 Å². The molecule has 0 aromatic heterocycles. The summed E-state index contributed by atoms with van der Waals surface area (Å²) in [6.45, 7) is 4.32. The molecule has 0 saturated carbocycles. The van der Waals surface area contributed by atoms with Crippen LogP contribution in [0.15, 0.2) is 18.2 Å². The molecular weight excluding hydrogens is 277 g/mol. The number of benzene rings is 1. The van der Waals surface area contributed by atoms with Crippen LogP contribution in [-0.4, -0.2) is 30.6 Å². The fraction of sp³-hybridized carbons (Fsp3) is 0.600. The standard InChI is InChI=1S/C15H25ClFN3/c1-5-15(6-2,20(3)4)14(19-18)10-11-7-8-13(17)12(16)9-11/h7-9,14,19H,5-6,10,18H2,1-4H3. The summed E-state index contributed by atoms with van der Waals surface area (Å²) in [6.07, 6.45) is 2.65. The summed E-state index contributed by atoms with van der Waals surface area (Å²) in [5, 5.41) is 0.154. The Morgan fingerprint density at radius 1 is 1.35 bits per heavy atom. The predicted molar refractivity (Wildman–Crippen MR) is 83.2 cm³/mol. The van der Waals surface area contributed by atoms with Gasteiger partial charge in [0.05, 0.1) is 5.02 Å². The van der Waals surface area contributed by atoms with Crippen LogP contribution in [0.25, 0.3) is 0 Å². The maximum absolute atomic E-state index is 13.2. The molecule has 0 heterocycles. The van der Waals surface area contributed by atoms with Crippen LogP contribution in [0.5, 0.6) is 0 Å². The monoisotopic (exact) mass is 301 g/mol. The Bertz CT molecular complexity index is 433. The van der Waals surface area contributed by atoms with Gasteiger partial charge in [0.2, 0.25) is 0 Å². The highest BCUT2D eigenvalue weighted by atomic mass is 35.5. The summed E-state index contributed by atoms with van der Waals surface area (Å²) in [5.41, 5.74) is 3.86. The minimum Gasteiger partial charge on any atom is -0.302 e. The first-order chi connectivity index (χ1) is 9.41. The van der Waals surface area contributed by atoms with Gasteiger partial charge in [-0.2, -0.15) is 0 Å². The Hall–Kier alpha value is -0.680. The van der Waals surface area contributed by atoms with E-state index in [0.717, 1.165) is 18.4 Å². The third-order valence-corrected chi connectivity index (χ3v) is 4.68. The second-order valence-corrected chi connectivity index (χ2v) is 5.78. The summed E-state index contributed by atoms with van der Waals surface area (Å²) in [4.78, 5) is 2.21. The van der Waals surface area contributed by atoms with Crippen molar-refractivity contribution in [1.29, 1.82) is 0 Å². The topological polar surface area (TPSA) is 41.3 Å². The third kappa shape index (κ3) is 3.50. The lowest BCUT2D eigenvalue weighted by Gasteiger charge is -2.45. The molecule has 20 heavy (non-hydrogen) atoms. The molecule has 1 rings (SSSR count).